The maximum Gasteiger partial charge on any atom is 0.206 e. The highest BCUT2D eigenvalue weighted by Gasteiger charge is 2.20. The summed E-state index contributed by atoms with van der Waals surface area (Å²) in [5.74, 6) is 1.10. The van der Waals surface area contributed by atoms with E-state index in [1.807, 2.05) is 81.4 Å². The molecule has 0 spiro atoms. The van der Waals surface area contributed by atoms with Crippen LogP contribution in [0.4, 0.5) is 5.69 Å². The van der Waals surface area contributed by atoms with E-state index in [-0.39, 0.29) is 11.5 Å². The molecule has 3 aromatic carbocycles. The number of para-hydroxylation sites is 1. The molecule has 2 heterocycles. The minimum absolute atomic E-state index is 0.0144. The summed E-state index contributed by atoms with van der Waals surface area (Å²) in [5.41, 5.74) is 5.65. The van der Waals surface area contributed by atoms with Crippen molar-refractivity contribution in [2.45, 2.75) is 26.8 Å². The second-order valence-corrected chi connectivity index (χ2v) is 8.13. The molecule has 0 aliphatic heterocycles. The molecule has 2 N–H and O–H groups in total. The number of aryl methyl sites for hydroxylation is 1. The fourth-order valence-electron chi connectivity index (χ4n) is 4.14. The zero-order valence-corrected chi connectivity index (χ0v) is 18.6. The van der Waals surface area contributed by atoms with E-state index in [1.165, 1.54) is 0 Å². The number of rotatable bonds is 5. The van der Waals surface area contributed by atoms with Crippen LogP contribution in [0, 0.1) is 13.8 Å². The topological polar surface area (TPSA) is 96.7 Å². The molecule has 5 aromatic rings. The molecule has 1 atom stereocenters. The summed E-state index contributed by atoms with van der Waals surface area (Å²) in [6.07, 6.45) is 0. The van der Waals surface area contributed by atoms with E-state index in [0.717, 1.165) is 27.9 Å². The predicted molar refractivity (Wildman–Crippen MR) is 129 cm³/mol. The molecule has 0 bridgehead atoms. The Hall–Kier alpha value is -4.26. The van der Waals surface area contributed by atoms with Gasteiger partial charge in [-0.2, -0.15) is 5.21 Å². The fraction of sp³-hybridized carbons (Fsp3) is 0.154. The van der Waals surface area contributed by atoms with E-state index in [2.05, 4.69) is 32.0 Å². The summed E-state index contributed by atoms with van der Waals surface area (Å²) in [6, 6.07) is 21.3. The molecular weight excluding hydrogens is 414 g/mol. The van der Waals surface area contributed by atoms with Crippen molar-refractivity contribution in [3.63, 3.8) is 0 Å². The van der Waals surface area contributed by atoms with Crippen LogP contribution in [0.5, 0.6) is 0 Å². The van der Waals surface area contributed by atoms with E-state index < -0.39 is 0 Å². The van der Waals surface area contributed by atoms with E-state index in [1.54, 1.807) is 0 Å². The molecule has 0 amide bonds. The molecule has 0 aliphatic rings. The van der Waals surface area contributed by atoms with Crippen molar-refractivity contribution >= 4 is 16.7 Å². The van der Waals surface area contributed by atoms with Crippen molar-refractivity contribution in [2.75, 3.05) is 5.32 Å². The highest BCUT2D eigenvalue weighted by atomic mass is 16.3. The highest BCUT2D eigenvalue weighted by molar-refractivity contribution is 5.85. The molecule has 5 rings (SSSR count). The van der Waals surface area contributed by atoms with Crippen molar-refractivity contribution in [3.05, 3.63) is 93.6 Å². The molecule has 0 fully saturated rings. The maximum atomic E-state index is 13.3. The Morgan fingerprint density at radius 2 is 1.76 bits per heavy atom. The van der Waals surface area contributed by atoms with Crippen LogP contribution in [0.2, 0.25) is 0 Å². The van der Waals surface area contributed by atoms with Crippen LogP contribution in [0.15, 0.2) is 75.9 Å². The Morgan fingerprint density at radius 3 is 2.52 bits per heavy atom. The third-order valence-corrected chi connectivity index (χ3v) is 5.78. The minimum atomic E-state index is -0.157. The van der Waals surface area contributed by atoms with Crippen LogP contribution < -0.4 is 10.7 Å². The molecule has 0 saturated heterocycles. The maximum absolute atomic E-state index is 13.3. The average Bonchev–Trinajstić information content (AvgIpc) is 3.37. The van der Waals surface area contributed by atoms with Crippen molar-refractivity contribution in [1.29, 1.82) is 0 Å². The van der Waals surface area contributed by atoms with Crippen molar-refractivity contribution in [2.24, 2.45) is 0 Å². The van der Waals surface area contributed by atoms with Gasteiger partial charge in [0.15, 0.2) is 5.43 Å². The molecule has 164 valence electrons. The Balaban J connectivity index is 1.64. The van der Waals surface area contributed by atoms with Gasteiger partial charge in [-0.15, -0.1) is 10.2 Å². The van der Waals surface area contributed by atoms with Gasteiger partial charge in [0, 0.05) is 27.9 Å². The average molecular weight is 438 g/mol. The molecule has 7 nitrogen and oxygen atoms in total. The number of tetrazole rings is 1. The van der Waals surface area contributed by atoms with Crippen LogP contribution in [0.25, 0.3) is 33.7 Å². The van der Waals surface area contributed by atoms with E-state index >= 15 is 0 Å². The fourth-order valence-corrected chi connectivity index (χ4v) is 4.14. The van der Waals surface area contributed by atoms with Gasteiger partial charge in [-0.3, -0.25) is 4.79 Å². The van der Waals surface area contributed by atoms with Crippen molar-refractivity contribution < 1.29 is 4.42 Å². The second-order valence-electron chi connectivity index (χ2n) is 8.13. The van der Waals surface area contributed by atoms with Gasteiger partial charge in [-0.05, 0) is 49.7 Å². The van der Waals surface area contributed by atoms with Gasteiger partial charge in [0.25, 0.3) is 0 Å². The lowest BCUT2D eigenvalue weighted by Crippen LogP contribution is -2.13. The summed E-state index contributed by atoms with van der Waals surface area (Å²) in [7, 11) is 0. The number of nitrogens with one attached hydrogen (secondary N) is 2. The predicted octanol–water partition coefficient (Wildman–Crippen LogP) is 5.43. The van der Waals surface area contributed by atoms with E-state index in [0.29, 0.717) is 28.1 Å². The third kappa shape index (κ3) is 3.78. The second kappa shape index (κ2) is 8.35. The smallest absolute Gasteiger partial charge is 0.206 e. The Morgan fingerprint density at radius 1 is 1.00 bits per heavy atom. The van der Waals surface area contributed by atoms with Crippen LogP contribution in [-0.4, -0.2) is 20.6 Å². The number of hydrogen-bond acceptors (Lipinski definition) is 6. The van der Waals surface area contributed by atoms with Crippen molar-refractivity contribution in [1.82, 2.24) is 20.6 Å². The Bertz CT molecular complexity index is 1490. The number of anilines is 1. The summed E-state index contributed by atoms with van der Waals surface area (Å²) in [4.78, 5) is 13.3. The first-order valence-electron chi connectivity index (χ1n) is 10.8. The van der Waals surface area contributed by atoms with Crippen LogP contribution in [0.3, 0.4) is 0 Å². The first kappa shape index (κ1) is 20.6. The van der Waals surface area contributed by atoms with Gasteiger partial charge in [-0.1, -0.05) is 48.5 Å². The summed E-state index contributed by atoms with van der Waals surface area (Å²) in [5, 5.41) is 18.5. The lowest BCUT2D eigenvalue weighted by atomic mass is 9.98. The summed E-state index contributed by atoms with van der Waals surface area (Å²) >= 11 is 0. The molecule has 33 heavy (non-hydrogen) atoms. The first-order valence-corrected chi connectivity index (χ1v) is 10.8. The third-order valence-electron chi connectivity index (χ3n) is 5.78. The van der Waals surface area contributed by atoms with E-state index in [4.69, 9.17) is 4.42 Å². The number of nitrogens with zero attached hydrogens (tertiary/aromatic N) is 3. The number of H-pyrrole nitrogens is 1. The number of hydrogen-bond donors (Lipinski definition) is 2. The number of aromatic amines is 1. The zero-order chi connectivity index (χ0) is 22.9. The van der Waals surface area contributed by atoms with Crippen molar-refractivity contribution in [3.8, 4) is 22.7 Å². The lowest BCUT2D eigenvalue weighted by Gasteiger charge is -2.20. The van der Waals surface area contributed by atoms with Gasteiger partial charge in [0.2, 0.25) is 5.82 Å². The molecule has 0 saturated carbocycles. The number of benzene rings is 3. The van der Waals surface area contributed by atoms with Gasteiger partial charge in [0.1, 0.15) is 11.3 Å². The molecule has 2 aromatic heterocycles. The summed E-state index contributed by atoms with van der Waals surface area (Å²) in [6.45, 7) is 5.85. The van der Waals surface area contributed by atoms with E-state index in [9.17, 15) is 4.79 Å². The molecule has 7 heteroatoms. The molecule has 0 aliphatic carbocycles. The lowest BCUT2D eigenvalue weighted by molar-refractivity contribution is 0.605. The highest BCUT2D eigenvalue weighted by Crippen LogP contribution is 2.33. The number of aromatic nitrogens is 4. The van der Waals surface area contributed by atoms with Crippen LogP contribution in [-0.2, 0) is 0 Å². The summed E-state index contributed by atoms with van der Waals surface area (Å²) < 4.78 is 6.43. The standard InChI is InChI=1S/C26H23N5O2/c1-15-13-20(17(3)27-22-12-8-7-11-19(22)26-28-30-31-29-26)25-21(14-15)23(32)16(2)24(33-25)18-9-5-4-6-10-18/h4-14,17,27H,1-3H3,(H,28,29,30,31)/t17-/m1/s1. The SMILES string of the molecule is Cc1cc([C@@H](C)Nc2ccccc2-c2nn[nH]n2)c2oc(-c3ccccc3)c(C)c(=O)c2c1. The Labute approximate surface area is 190 Å². The monoisotopic (exact) mass is 437 g/mol. The molecule has 0 unspecified atom stereocenters. The largest absolute Gasteiger partial charge is 0.455 e. The normalized spacial score (nSPS) is 12.1. The number of fused-ring (bicyclic) bond motifs is 1. The molecule has 0 radical (unpaired) electrons. The van der Waals surface area contributed by atoms with Gasteiger partial charge < -0.3 is 9.73 Å². The van der Waals surface area contributed by atoms with Gasteiger partial charge in [-0.25, -0.2) is 0 Å². The quantitative estimate of drug-likeness (QED) is 0.381. The minimum Gasteiger partial charge on any atom is -0.455 e. The first-order chi connectivity index (χ1) is 16.0. The van der Waals surface area contributed by atoms with Crippen LogP contribution in [0.1, 0.15) is 29.7 Å². The zero-order valence-electron chi connectivity index (χ0n) is 18.6. The Kier molecular flexibility index (Phi) is 5.22. The van der Waals surface area contributed by atoms with Gasteiger partial charge in [0.05, 0.1) is 11.4 Å². The van der Waals surface area contributed by atoms with Crippen LogP contribution >= 0.6 is 0 Å². The van der Waals surface area contributed by atoms with Gasteiger partial charge >= 0.3 is 0 Å². The molecular formula is C26H23N5O2.